The van der Waals surface area contributed by atoms with E-state index in [1.807, 2.05) is 48.5 Å². The van der Waals surface area contributed by atoms with E-state index >= 15 is 0 Å². The molecule has 0 spiro atoms. The van der Waals surface area contributed by atoms with Crippen LogP contribution in [0.2, 0.25) is 0 Å². The topological polar surface area (TPSA) is 94.7 Å². The number of carbonyl (C=O) groups excluding carboxylic acids is 1. The summed E-state index contributed by atoms with van der Waals surface area (Å²) in [5, 5.41) is 3.65. The Bertz CT molecular complexity index is 1350. The molecule has 0 fully saturated rings. The van der Waals surface area contributed by atoms with Gasteiger partial charge in [-0.05, 0) is 60.7 Å². The van der Waals surface area contributed by atoms with Gasteiger partial charge in [-0.2, -0.15) is 0 Å². The van der Waals surface area contributed by atoms with E-state index in [-0.39, 0.29) is 11.7 Å². The molecule has 1 aliphatic heterocycles. The van der Waals surface area contributed by atoms with Gasteiger partial charge in [0.25, 0.3) is 0 Å². The lowest BCUT2D eigenvalue weighted by Crippen LogP contribution is -2.17. The maximum absolute atomic E-state index is 12.8. The highest BCUT2D eigenvalue weighted by atomic mass is 32.2. The number of carbonyl (C=O) groups is 1. The van der Waals surface area contributed by atoms with Gasteiger partial charge in [-0.25, -0.2) is 4.98 Å². The minimum atomic E-state index is -0.147. The van der Waals surface area contributed by atoms with E-state index in [0.717, 1.165) is 33.3 Å². The van der Waals surface area contributed by atoms with Gasteiger partial charge in [-0.15, -0.1) is 0 Å². The molecule has 0 atom stereocenters. The third kappa shape index (κ3) is 5.26. The van der Waals surface area contributed by atoms with Crippen molar-refractivity contribution >= 4 is 23.4 Å². The fourth-order valence-electron chi connectivity index (χ4n) is 3.75. The second kappa shape index (κ2) is 10.7. The van der Waals surface area contributed by atoms with E-state index in [1.165, 1.54) is 11.8 Å². The molecule has 4 aromatic rings. The van der Waals surface area contributed by atoms with Gasteiger partial charge in [0.05, 0.1) is 25.7 Å². The molecule has 5 rings (SSSR count). The Labute approximate surface area is 213 Å². The van der Waals surface area contributed by atoms with Crippen LogP contribution in [0, 0.1) is 0 Å². The quantitative estimate of drug-likeness (QED) is 0.317. The first-order valence-corrected chi connectivity index (χ1v) is 12.3. The van der Waals surface area contributed by atoms with Crippen molar-refractivity contribution in [1.29, 1.82) is 0 Å². The van der Waals surface area contributed by atoms with Gasteiger partial charge in [0.1, 0.15) is 35.6 Å². The number of fused-ring (bicyclic) bond motifs is 1. The second-order valence-electron chi connectivity index (χ2n) is 7.92. The number of hydrogen-bond acceptors (Lipinski definition) is 7. The summed E-state index contributed by atoms with van der Waals surface area (Å²) in [5.74, 6) is 3.59. The Morgan fingerprint density at radius 3 is 2.22 bits per heavy atom. The van der Waals surface area contributed by atoms with Crippen LogP contribution in [-0.2, 0) is 4.79 Å². The number of imidazole rings is 1. The number of methoxy groups -OCH3 is 2. The molecule has 2 N–H and O–H groups in total. The molecule has 0 saturated carbocycles. The lowest BCUT2D eigenvalue weighted by atomic mass is 10.1. The Morgan fingerprint density at radius 1 is 0.917 bits per heavy atom. The number of hydrogen-bond donors (Lipinski definition) is 2. The number of thioether (sulfide) groups is 1. The lowest BCUT2D eigenvalue weighted by molar-refractivity contribution is -0.113. The first kappa shape index (κ1) is 23.6. The van der Waals surface area contributed by atoms with Gasteiger partial charge < -0.3 is 29.2 Å². The minimum absolute atomic E-state index is 0.147. The van der Waals surface area contributed by atoms with Crippen molar-refractivity contribution in [2.75, 3.05) is 38.5 Å². The Kier molecular flexibility index (Phi) is 6.99. The molecule has 0 radical (unpaired) electrons. The summed E-state index contributed by atoms with van der Waals surface area (Å²) in [6.07, 6.45) is 0. The molecule has 1 aliphatic rings. The highest BCUT2D eigenvalue weighted by Gasteiger charge is 2.17. The molecule has 184 valence electrons. The highest BCUT2D eigenvalue weighted by molar-refractivity contribution is 8.00. The monoisotopic (exact) mass is 503 g/mol. The largest absolute Gasteiger partial charge is 0.497 e. The fraction of sp³-hybridized carbons (Fsp3) is 0.185. The van der Waals surface area contributed by atoms with Crippen LogP contribution in [0.15, 0.2) is 71.8 Å². The van der Waals surface area contributed by atoms with E-state index in [1.54, 1.807) is 32.4 Å². The average Bonchev–Trinajstić information content (AvgIpc) is 3.36. The van der Waals surface area contributed by atoms with Gasteiger partial charge in [0, 0.05) is 22.9 Å². The number of aromatic amines is 1. The second-order valence-corrected chi connectivity index (χ2v) is 8.88. The normalized spacial score (nSPS) is 12.2. The molecule has 2 heterocycles. The summed E-state index contributed by atoms with van der Waals surface area (Å²) in [4.78, 5) is 21.0. The predicted octanol–water partition coefficient (Wildman–Crippen LogP) is 5.26. The van der Waals surface area contributed by atoms with Crippen molar-refractivity contribution < 1.29 is 23.7 Å². The van der Waals surface area contributed by atoms with Crippen molar-refractivity contribution in [1.82, 2.24) is 9.97 Å². The third-order valence-electron chi connectivity index (χ3n) is 5.58. The number of ether oxygens (including phenoxy) is 4. The summed E-state index contributed by atoms with van der Waals surface area (Å²) in [6.45, 7) is 1.01. The molecule has 9 heteroatoms. The maximum atomic E-state index is 12.8. The molecular formula is C27H25N3O5S. The molecule has 0 unspecified atom stereocenters. The van der Waals surface area contributed by atoms with Gasteiger partial charge >= 0.3 is 0 Å². The van der Waals surface area contributed by atoms with Crippen molar-refractivity contribution in [3.05, 3.63) is 66.7 Å². The number of nitrogens with one attached hydrogen (secondary N) is 2. The van der Waals surface area contributed by atoms with Crippen LogP contribution in [0.4, 0.5) is 5.69 Å². The number of aromatic nitrogens is 2. The first-order chi connectivity index (χ1) is 17.6. The molecule has 0 aliphatic carbocycles. The maximum Gasteiger partial charge on any atom is 0.234 e. The van der Waals surface area contributed by atoms with Crippen LogP contribution in [-0.4, -0.2) is 49.1 Å². The SMILES string of the molecule is COc1ccc(-c2nc(SCC(=O)Nc3ccc4c(c3)OCCO4)c(-c3ccc(OC)cc3)[nH]2)cc1. The molecule has 3 aromatic carbocycles. The molecular weight excluding hydrogens is 478 g/mol. The zero-order valence-corrected chi connectivity index (χ0v) is 20.7. The zero-order chi connectivity index (χ0) is 24.9. The molecule has 8 nitrogen and oxygen atoms in total. The van der Waals surface area contributed by atoms with Crippen LogP contribution in [0.1, 0.15) is 0 Å². The number of H-pyrrole nitrogens is 1. The summed E-state index contributed by atoms with van der Waals surface area (Å²) >= 11 is 1.36. The van der Waals surface area contributed by atoms with Crippen LogP contribution < -0.4 is 24.3 Å². The number of benzene rings is 3. The summed E-state index contributed by atoms with van der Waals surface area (Å²) in [6, 6.07) is 20.7. The number of nitrogens with zero attached hydrogens (tertiary/aromatic N) is 1. The molecule has 1 aromatic heterocycles. The van der Waals surface area contributed by atoms with E-state index in [4.69, 9.17) is 23.9 Å². The van der Waals surface area contributed by atoms with E-state index in [9.17, 15) is 4.79 Å². The summed E-state index contributed by atoms with van der Waals surface area (Å²) in [5.41, 5.74) is 3.35. The highest BCUT2D eigenvalue weighted by Crippen LogP contribution is 2.35. The number of amides is 1. The van der Waals surface area contributed by atoms with Crippen molar-refractivity contribution in [2.45, 2.75) is 5.03 Å². The Morgan fingerprint density at radius 2 is 1.56 bits per heavy atom. The summed E-state index contributed by atoms with van der Waals surface area (Å²) in [7, 11) is 3.27. The first-order valence-electron chi connectivity index (χ1n) is 11.3. The van der Waals surface area contributed by atoms with E-state index in [0.29, 0.717) is 36.2 Å². The van der Waals surface area contributed by atoms with Gasteiger partial charge in [-0.3, -0.25) is 4.79 Å². The van der Waals surface area contributed by atoms with Gasteiger partial charge in [0.15, 0.2) is 11.5 Å². The minimum Gasteiger partial charge on any atom is -0.497 e. The molecule has 0 saturated heterocycles. The lowest BCUT2D eigenvalue weighted by Gasteiger charge is -2.19. The van der Waals surface area contributed by atoms with E-state index < -0.39 is 0 Å². The molecule has 1 amide bonds. The number of anilines is 1. The molecule has 36 heavy (non-hydrogen) atoms. The zero-order valence-electron chi connectivity index (χ0n) is 19.9. The van der Waals surface area contributed by atoms with Crippen LogP contribution in [0.25, 0.3) is 22.6 Å². The fourth-order valence-corrected chi connectivity index (χ4v) is 4.56. The Balaban J connectivity index is 1.35. The smallest absolute Gasteiger partial charge is 0.234 e. The van der Waals surface area contributed by atoms with Crippen LogP contribution in [0.3, 0.4) is 0 Å². The van der Waals surface area contributed by atoms with Crippen LogP contribution >= 0.6 is 11.8 Å². The molecule has 0 bridgehead atoms. The van der Waals surface area contributed by atoms with Crippen molar-refractivity contribution in [3.63, 3.8) is 0 Å². The summed E-state index contributed by atoms with van der Waals surface area (Å²) < 4.78 is 21.7. The van der Waals surface area contributed by atoms with E-state index in [2.05, 4.69) is 10.3 Å². The predicted molar refractivity (Wildman–Crippen MR) is 139 cm³/mol. The number of rotatable bonds is 8. The third-order valence-corrected chi connectivity index (χ3v) is 6.55. The van der Waals surface area contributed by atoms with Gasteiger partial charge in [-0.1, -0.05) is 11.8 Å². The van der Waals surface area contributed by atoms with Crippen LogP contribution in [0.5, 0.6) is 23.0 Å². The standard InChI is InChI=1S/C27H25N3O5S/c1-32-20-8-3-17(4-9-20)25-27(30-26(29-25)18-5-10-21(33-2)11-6-18)36-16-24(31)28-19-7-12-22-23(15-19)35-14-13-34-22/h3-12,15H,13-14,16H2,1-2H3,(H,28,31)(H,29,30). The van der Waals surface area contributed by atoms with Gasteiger partial charge in [0.2, 0.25) is 5.91 Å². The van der Waals surface area contributed by atoms with Crippen molar-refractivity contribution in [3.8, 4) is 45.6 Å². The average molecular weight is 504 g/mol. The Hall–Kier alpha value is -4.11. The van der Waals surface area contributed by atoms with Crippen molar-refractivity contribution in [2.24, 2.45) is 0 Å².